The molecule has 20 heavy (non-hydrogen) atoms. The van der Waals surface area contributed by atoms with Crippen LogP contribution in [0.1, 0.15) is 37.0 Å². The Hall–Kier alpha value is -1.59. The summed E-state index contributed by atoms with van der Waals surface area (Å²) in [6.45, 7) is 2.97. The van der Waals surface area contributed by atoms with Crippen molar-refractivity contribution in [3.05, 3.63) is 29.3 Å². The van der Waals surface area contributed by atoms with E-state index in [4.69, 9.17) is 20.3 Å². The van der Waals surface area contributed by atoms with E-state index in [0.717, 1.165) is 17.7 Å². The summed E-state index contributed by atoms with van der Waals surface area (Å²) in [6, 6.07) is 5.88. The molecule has 0 aliphatic heterocycles. The molecule has 1 aliphatic rings. The number of fused-ring (bicyclic) bond motifs is 1. The van der Waals surface area contributed by atoms with E-state index in [0.29, 0.717) is 19.6 Å². The Balaban J connectivity index is 2.00. The number of carbonyl (C=O) groups is 1. The van der Waals surface area contributed by atoms with Crippen molar-refractivity contribution < 1.29 is 19.4 Å². The monoisotopic (exact) mass is 279 g/mol. The number of aliphatic carboxylic acids is 1. The van der Waals surface area contributed by atoms with Gasteiger partial charge in [-0.3, -0.25) is 4.79 Å². The van der Waals surface area contributed by atoms with Gasteiger partial charge in [-0.1, -0.05) is 6.07 Å². The molecular formula is C15H21NO4. The van der Waals surface area contributed by atoms with Crippen LogP contribution in [0.25, 0.3) is 0 Å². The van der Waals surface area contributed by atoms with E-state index in [1.54, 1.807) is 0 Å². The van der Waals surface area contributed by atoms with Crippen LogP contribution in [0.5, 0.6) is 5.75 Å². The first-order valence-corrected chi connectivity index (χ1v) is 6.96. The van der Waals surface area contributed by atoms with E-state index in [1.165, 1.54) is 5.56 Å². The number of hydrogen-bond acceptors (Lipinski definition) is 4. The molecule has 1 aromatic carbocycles. The normalized spacial score (nSPS) is 20.7. The zero-order valence-electron chi connectivity index (χ0n) is 11.7. The Morgan fingerprint density at radius 1 is 1.50 bits per heavy atom. The van der Waals surface area contributed by atoms with Crippen molar-refractivity contribution in [1.29, 1.82) is 0 Å². The maximum atomic E-state index is 10.5. The van der Waals surface area contributed by atoms with Crippen LogP contribution in [-0.4, -0.2) is 30.3 Å². The van der Waals surface area contributed by atoms with Crippen LogP contribution in [0.2, 0.25) is 0 Å². The quantitative estimate of drug-likeness (QED) is 0.745. The molecule has 2 atom stereocenters. The maximum absolute atomic E-state index is 10.5. The van der Waals surface area contributed by atoms with Gasteiger partial charge in [-0.2, -0.15) is 0 Å². The Morgan fingerprint density at radius 3 is 3.00 bits per heavy atom. The molecule has 0 amide bonds. The number of nitrogens with two attached hydrogens (primary N) is 1. The summed E-state index contributed by atoms with van der Waals surface area (Å²) in [6.07, 6.45) is 1.23. The zero-order valence-corrected chi connectivity index (χ0v) is 11.7. The minimum Gasteiger partial charge on any atom is -0.494 e. The second-order valence-electron chi connectivity index (χ2n) is 4.95. The number of ether oxygens (including phenoxy) is 2. The van der Waals surface area contributed by atoms with Gasteiger partial charge in [0, 0.05) is 19.1 Å². The molecule has 0 saturated heterocycles. The Morgan fingerprint density at radius 2 is 2.30 bits per heavy atom. The highest BCUT2D eigenvalue weighted by atomic mass is 16.5. The summed E-state index contributed by atoms with van der Waals surface area (Å²) in [5.41, 5.74) is 8.37. The number of carboxylic acid groups (broad SMARTS) is 1. The van der Waals surface area contributed by atoms with Crippen LogP contribution in [0.3, 0.4) is 0 Å². The average molecular weight is 279 g/mol. The SMILES string of the molecule is CCOc1ccc2c(c1)C(OCCCC(=O)O)C(N)C2. The molecule has 0 bridgehead atoms. The summed E-state index contributed by atoms with van der Waals surface area (Å²) in [5.74, 6) is 0.0165. The molecular weight excluding hydrogens is 258 g/mol. The van der Waals surface area contributed by atoms with Gasteiger partial charge in [0.05, 0.1) is 12.7 Å². The van der Waals surface area contributed by atoms with Gasteiger partial charge in [0.1, 0.15) is 5.75 Å². The van der Waals surface area contributed by atoms with E-state index in [9.17, 15) is 4.79 Å². The first kappa shape index (κ1) is 14.8. The van der Waals surface area contributed by atoms with Gasteiger partial charge in [0.25, 0.3) is 0 Å². The standard InChI is InChI=1S/C15H21NO4/c1-2-19-11-6-5-10-8-13(16)15(12(10)9-11)20-7-3-4-14(17)18/h5-6,9,13,15H,2-4,7-8,16H2,1H3,(H,17,18). The van der Waals surface area contributed by atoms with Crippen molar-refractivity contribution in [2.45, 2.75) is 38.3 Å². The Kier molecular flexibility index (Phi) is 4.98. The van der Waals surface area contributed by atoms with Gasteiger partial charge < -0.3 is 20.3 Å². The van der Waals surface area contributed by atoms with Crippen molar-refractivity contribution >= 4 is 5.97 Å². The van der Waals surface area contributed by atoms with Crippen LogP contribution in [-0.2, 0) is 16.0 Å². The molecule has 0 radical (unpaired) electrons. The molecule has 110 valence electrons. The van der Waals surface area contributed by atoms with E-state index in [2.05, 4.69) is 0 Å². The molecule has 0 aromatic heterocycles. The third-order valence-electron chi connectivity index (χ3n) is 3.41. The molecule has 0 fully saturated rings. The number of carboxylic acids is 1. The van der Waals surface area contributed by atoms with E-state index in [1.807, 2.05) is 25.1 Å². The molecule has 0 spiro atoms. The number of rotatable bonds is 7. The molecule has 1 aromatic rings. The Labute approximate surface area is 118 Å². The minimum absolute atomic E-state index is 0.0771. The molecule has 2 unspecified atom stereocenters. The highest BCUT2D eigenvalue weighted by molar-refractivity contribution is 5.66. The smallest absolute Gasteiger partial charge is 0.303 e. The lowest BCUT2D eigenvalue weighted by molar-refractivity contribution is -0.137. The van der Waals surface area contributed by atoms with Crippen molar-refractivity contribution in [1.82, 2.24) is 0 Å². The van der Waals surface area contributed by atoms with Gasteiger partial charge in [-0.05, 0) is 43.0 Å². The molecule has 5 heteroatoms. The maximum Gasteiger partial charge on any atom is 0.303 e. The molecule has 0 heterocycles. The lowest BCUT2D eigenvalue weighted by atomic mass is 10.1. The van der Waals surface area contributed by atoms with Gasteiger partial charge in [0.2, 0.25) is 0 Å². The zero-order chi connectivity index (χ0) is 14.5. The van der Waals surface area contributed by atoms with E-state index >= 15 is 0 Å². The predicted octanol–water partition coefficient (Wildman–Crippen LogP) is 1.89. The van der Waals surface area contributed by atoms with Gasteiger partial charge >= 0.3 is 5.97 Å². The van der Waals surface area contributed by atoms with Crippen LogP contribution >= 0.6 is 0 Å². The molecule has 1 aliphatic carbocycles. The lowest BCUT2D eigenvalue weighted by Crippen LogP contribution is -2.27. The fourth-order valence-electron chi connectivity index (χ4n) is 2.52. The van der Waals surface area contributed by atoms with Crippen LogP contribution < -0.4 is 10.5 Å². The fourth-order valence-corrected chi connectivity index (χ4v) is 2.52. The third-order valence-corrected chi connectivity index (χ3v) is 3.41. The lowest BCUT2D eigenvalue weighted by Gasteiger charge is -2.18. The van der Waals surface area contributed by atoms with Crippen molar-refractivity contribution in [3.63, 3.8) is 0 Å². The van der Waals surface area contributed by atoms with E-state index in [-0.39, 0.29) is 18.6 Å². The second-order valence-corrected chi connectivity index (χ2v) is 4.95. The van der Waals surface area contributed by atoms with Gasteiger partial charge in [-0.25, -0.2) is 0 Å². The first-order chi connectivity index (χ1) is 9.61. The summed E-state index contributed by atoms with van der Waals surface area (Å²) in [5, 5.41) is 8.61. The summed E-state index contributed by atoms with van der Waals surface area (Å²) >= 11 is 0. The van der Waals surface area contributed by atoms with Crippen LogP contribution in [0.4, 0.5) is 0 Å². The van der Waals surface area contributed by atoms with Gasteiger partial charge in [0.15, 0.2) is 0 Å². The minimum atomic E-state index is -0.802. The van der Waals surface area contributed by atoms with Crippen molar-refractivity contribution in [2.24, 2.45) is 5.73 Å². The van der Waals surface area contributed by atoms with E-state index < -0.39 is 5.97 Å². The summed E-state index contributed by atoms with van der Waals surface area (Å²) < 4.78 is 11.3. The van der Waals surface area contributed by atoms with Crippen molar-refractivity contribution in [3.8, 4) is 5.75 Å². The largest absolute Gasteiger partial charge is 0.494 e. The first-order valence-electron chi connectivity index (χ1n) is 6.96. The molecule has 0 saturated carbocycles. The third kappa shape index (κ3) is 3.49. The van der Waals surface area contributed by atoms with Crippen LogP contribution in [0.15, 0.2) is 18.2 Å². The summed E-state index contributed by atoms with van der Waals surface area (Å²) in [4.78, 5) is 10.5. The highest BCUT2D eigenvalue weighted by Crippen LogP contribution is 2.35. The average Bonchev–Trinajstić information content (AvgIpc) is 2.70. The van der Waals surface area contributed by atoms with Crippen molar-refractivity contribution in [2.75, 3.05) is 13.2 Å². The summed E-state index contributed by atoms with van der Waals surface area (Å²) in [7, 11) is 0. The molecule has 5 nitrogen and oxygen atoms in total. The predicted molar refractivity (Wildman–Crippen MR) is 74.9 cm³/mol. The number of benzene rings is 1. The second kappa shape index (κ2) is 6.72. The number of hydrogen-bond donors (Lipinski definition) is 2. The fraction of sp³-hybridized carbons (Fsp3) is 0.533. The topological polar surface area (TPSA) is 81.8 Å². The van der Waals surface area contributed by atoms with Gasteiger partial charge in [-0.15, -0.1) is 0 Å². The molecule has 3 N–H and O–H groups in total. The van der Waals surface area contributed by atoms with Crippen LogP contribution in [0, 0.1) is 0 Å². The highest BCUT2D eigenvalue weighted by Gasteiger charge is 2.30. The molecule has 2 rings (SSSR count). The Bertz CT molecular complexity index is 475.